The fourth-order valence-electron chi connectivity index (χ4n) is 2.32. The molecule has 1 fully saturated rings. The predicted octanol–water partition coefficient (Wildman–Crippen LogP) is 2.06. The molecule has 2 rings (SSSR count). The van der Waals surface area contributed by atoms with Crippen molar-refractivity contribution in [2.24, 2.45) is 0 Å². The van der Waals surface area contributed by atoms with Crippen LogP contribution in [0.4, 0.5) is 0 Å². The third-order valence-electron chi connectivity index (χ3n) is 3.37. The molecule has 4 heteroatoms. The Bertz CT molecular complexity index is 364. The van der Waals surface area contributed by atoms with Crippen LogP contribution in [0.3, 0.4) is 0 Å². The second kappa shape index (κ2) is 8.12. The van der Waals surface area contributed by atoms with Crippen LogP contribution < -0.4 is 10.1 Å². The minimum Gasteiger partial charge on any atom is -0.476 e. The maximum atomic E-state index is 5.73. The number of rotatable bonds is 8. The Balaban J connectivity index is 1.71. The van der Waals surface area contributed by atoms with Gasteiger partial charge in [0.2, 0.25) is 5.88 Å². The van der Waals surface area contributed by atoms with Gasteiger partial charge in [0.25, 0.3) is 0 Å². The average Bonchev–Trinajstić information content (AvgIpc) is 2.93. The molecule has 106 valence electrons. The second-order valence-corrected chi connectivity index (χ2v) is 5.04. The zero-order valence-electron chi connectivity index (χ0n) is 11.9. The van der Waals surface area contributed by atoms with E-state index in [1.54, 1.807) is 0 Å². The molecule has 0 aliphatic carbocycles. The normalized spacial score (nSPS) is 15.8. The molecule has 0 unspecified atom stereocenters. The molecule has 0 radical (unpaired) electrons. The lowest BCUT2D eigenvalue weighted by Gasteiger charge is -2.14. The maximum absolute atomic E-state index is 5.73. The summed E-state index contributed by atoms with van der Waals surface area (Å²) < 4.78 is 5.73. The van der Waals surface area contributed by atoms with Gasteiger partial charge in [-0.1, -0.05) is 13.0 Å². The third kappa shape index (κ3) is 5.17. The van der Waals surface area contributed by atoms with E-state index in [2.05, 4.69) is 22.1 Å². The summed E-state index contributed by atoms with van der Waals surface area (Å²) in [7, 11) is 0. The van der Waals surface area contributed by atoms with Gasteiger partial charge in [0.05, 0.1) is 5.69 Å². The minimum absolute atomic E-state index is 0.735. The van der Waals surface area contributed by atoms with Crippen molar-refractivity contribution in [3.05, 3.63) is 23.9 Å². The van der Waals surface area contributed by atoms with E-state index < -0.39 is 0 Å². The Hall–Kier alpha value is -1.13. The molecule has 0 spiro atoms. The molecule has 0 saturated carbocycles. The van der Waals surface area contributed by atoms with Gasteiger partial charge in [-0.15, -0.1) is 0 Å². The average molecular weight is 263 g/mol. The summed E-state index contributed by atoms with van der Waals surface area (Å²) in [6, 6.07) is 5.99. The number of hydrogen-bond acceptors (Lipinski definition) is 4. The largest absolute Gasteiger partial charge is 0.476 e. The number of pyridine rings is 1. The molecule has 1 aliphatic rings. The first-order valence-corrected chi connectivity index (χ1v) is 7.40. The summed E-state index contributed by atoms with van der Waals surface area (Å²) in [5.74, 6) is 0.745. The second-order valence-electron chi connectivity index (χ2n) is 5.04. The topological polar surface area (TPSA) is 37.4 Å². The van der Waals surface area contributed by atoms with Crippen LogP contribution in [0.15, 0.2) is 18.2 Å². The van der Waals surface area contributed by atoms with E-state index in [0.29, 0.717) is 0 Å². The van der Waals surface area contributed by atoms with Crippen LogP contribution in [-0.4, -0.2) is 42.7 Å². The SMILES string of the molecule is CCCNCc1cccc(OCCN2CCCC2)n1. The summed E-state index contributed by atoms with van der Waals surface area (Å²) in [6.07, 6.45) is 3.81. The maximum Gasteiger partial charge on any atom is 0.213 e. The Morgan fingerprint density at radius 2 is 2.16 bits per heavy atom. The summed E-state index contributed by atoms with van der Waals surface area (Å²) in [5.41, 5.74) is 1.05. The summed E-state index contributed by atoms with van der Waals surface area (Å²) in [6.45, 7) is 8.20. The van der Waals surface area contributed by atoms with Crippen molar-refractivity contribution < 1.29 is 4.74 Å². The first kappa shape index (κ1) is 14.3. The molecule has 2 heterocycles. The van der Waals surface area contributed by atoms with Crippen molar-refractivity contribution in [1.82, 2.24) is 15.2 Å². The van der Waals surface area contributed by atoms with Gasteiger partial charge in [-0.25, -0.2) is 4.98 Å². The predicted molar refractivity (Wildman–Crippen MR) is 77.4 cm³/mol. The number of aromatic nitrogens is 1. The van der Waals surface area contributed by atoms with Gasteiger partial charge in [-0.05, 0) is 45.0 Å². The Morgan fingerprint density at radius 1 is 1.32 bits per heavy atom. The molecular weight excluding hydrogens is 238 g/mol. The smallest absolute Gasteiger partial charge is 0.213 e. The third-order valence-corrected chi connectivity index (χ3v) is 3.37. The number of ether oxygens (including phenoxy) is 1. The van der Waals surface area contributed by atoms with Gasteiger partial charge in [0.15, 0.2) is 0 Å². The molecule has 0 aromatic carbocycles. The van der Waals surface area contributed by atoms with Crippen LogP contribution >= 0.6 is 0 Å². The van der Waals surface area contributed by atoms with E-state index in [1.807, 2.05) is 18.2 Å². The molecule has 0 amide bonds. The number of likely N-dealkylation sites (tertiary alicyclic amines) is 1. The first-order chi connectivity index (χ1) is 9.38. The summed E-state index contributed by atoms with van der Waals surface area (Å²) in [4.78, 5) is 6.96. The van der Waals surface area contributed by atoms with Crippen LogP contribution in [0.5, 0.6) is 5.88 Å². The molecule has 1 aromatic rings. The fraction of sp³-hybridized carbons (Fsp3) is 0.667. The molecule has 1 aromatic heterocycles. The van der Waals surface area contributed by atoms with Gasteiger partial charge in [-0.3, -0.25) is 4.90 Å². The van der Waals surface area contributed by atoms with Gasteiger partial charge < -0.3 is 10.1 Å². The van der Waals surface area contributed by atoms with Gasteiger partial charge in [0, 0.05) is 19.2 Å². The van der Waals surface area contributed by atoms with E-state index in [9.17, 15) is 0 Å². The van der Waals surface area contributed by atoms with Crippen molar-refractivity contribution in [3.63, 3.8) is 0 Å². The highest BCUT2D eigenvalue weighted by Gasteiger charge is 2.10. The van der Waals surface area contributed by atoms with E-state index >= 15 is 0 Å². The molecule has 1 saturated heterocycles. The minimum atomic E-state index is 0.735. The van der Waals surface area contributed by atoms with Gasteiger partial charge in [0.1, 0.15) is 6.61 Å². The molecule has 1 aliphatic heterocycles. The highest BCUT2D eigenvalue weighted by atomic mass is 16.5. The molecule has 4 nitrogen and oxygen atoms in total. The zero-order chi connectivity index (χ0) is 13.3. The van der Waals surface area contributed by atoms with E-state index in [1.165, 1.54) is 25.9 Å². The summed E-state index contributed by atoms with van der Waals surface area (Å²) >= 11 is 0. The Morgan fingerprint density at radius 3 is 2.95 bits per heavy atom. The van der Waals surface area contributed by atoms with Gasteiger partial charge in [-0.2, -0.15) is 0 Å². The fourth-order valence-corrected chi connectivity index (χ4v) is 2.32. The Labute approximate surface area is 116 Å². The number of nitrogens with one attached hydrogen (secondary N) is 1. The quantitative estimate of drug-likeness (QED) is 0.729. The van der Waals surface area contributed by atoms with Crippen molar-refractivity contribution >= 4 is 0 Å². The Kier molecular flexibility index (Phi) is 6.11. The summed E-state index contributed by atoms with van der Waals surface area (Å²) in [5, 5.41) is 3.35. The van der Waals surface area contributed by atoms with Crippen molar-refractivity contribution in [1.29, 1.82) is 0 Å². The molecule has 0 atom stereocenters. The monoisotopic (exact) mass is 263 g/mol. The zero-order valence-corrected chi connectivity index (χ0v) is 11.9. The lowest BCUT2D eigenvalue weighted by atomic mass is 10.3. The lowest BCUT2D eigenvalue weighted by Crippen LogP contribution is -2.25. The molecule has 0 bridgehead atoms. The van der Waals surface area contributed by atoms with E-state index in [-0.39, 0.29) is 0 Å². The van der Waals surface area contributed by atoms with Crippen molar-refractivity contribution in [3.8, 4) is 5.88 Å². The number of hydrogen-bond donors (Lipinski definition) is 1. The van der Waals surface area contributed by atoms with Crippen molar-refractivity contribution in [2.75, 3.05) is 32.8 Å². The van der Waals surface area contributed by atoms with Crippen LogP contribution in [-0.2, 0) is 6.54 Å². The van der Waals surface area contributed by atoms with Crippen LogP contribution in [0.2, 0.25) is 0 Å². The van der Waals surface area contributed by atoms with Gasteiger partial charge >= 0.3 is 0 Å². The lowest BCUT2D eigenvalue weighted by molar-refractivity contribution is 0.231. The number of nitrogens with zero attached hydrogens (tertiary/aromatic N) is 2. The van der Waals surface area contributed by atoms with Crippen LogP contribution in [0, 0.1) is 0 Å². The van der Waals surface area contributed by atoms with E-state index in [4.69, 9.17) is 4.74 Å². The highest BCUT2D eigenvalue weighted by molar-refractivity contribution is 5.15. The van der Waals surface area contributed by atoms with Crippen LogP contribution in [0.1, 0.15) is 31.9 Å². The standard InChI is InChI=1S/C15H25N3O/c1-2-8-16-13-14-6-5-7-15(17-14)19-12-11-18-9-3-4-10-18/h5-7,16H,2-4,8-13H2,1H3. The van der Waals surface area contributed by atoms with Crippen LogP contribution in [0.25, 0.3) is 0 Å². The highest BCUT2D eigenvalue weighted by Crippen LogP contribution is 2.09. The molecular formula is C15H25N3O. The van der Waals surface area contributed by atoms with Crippen molar-refractivity contribution in [2.45, 2.75) is 32.7 Å². The first-order valence-electron chi connectivity index (χ1n) is 7.40. The van der Waals surface area contributed by atoms with E-state index in [0.717, 1.165) is 44.2 Å². The molecule has 1 N–H and O–H groups in total. The molecule has 19 heavy (non-hydrogen) atoms.